The summed E-state index contributed by atoms with van der Waals surface area (Å²) in [6.07, 6.45) is 1.55. The number of hydrogen-bond donors (Lipinski definition) is 1. The van der Waals surface area contributed by atoms with Crippen LogP contribution >= 0.6 is 0 Å². The molecule has 11 heteroatoms. The van der Waals surface area contributed by atoms with Crippen molar-refractivity contribution < 1.29 is 18.1 Å². The van der Waals surface area contributed by atoms with Crippen molar-refractivity contribution in [1.82, 2.24) is 0 Å². The summed E-state index contributed by atoms with van der Waals surface area (Å²) in [4.78, 5) is 25.9. The molecule has 1 amide bonds. The molecule has 0 aliphatic carbocycles. The third kappa shape index (κ3) is 4.53. The van der Waals surface area contributed by atoms with Gasteiger partial charge >= 0.3 is 0 Å². The lowest BCUT2D eigenvalue weighted by Crippen LogP contribution is -2.23. The summed E-state index contributed by atoms with van der Waals surface area (Å²) in [6.45, 7) is 6.75. The van der Waals surface area contributed by atoms with E-state index in [1.807, 2.05) is 18.7 Å². The smallest absolute Gasteiger partial charge is 0.293 e. The van der Waals surface area contributed by atoms with Crippen molar-refractivity contribution in [3.8, 4) is 0 Å². The van der Waals surface area contributed by atoms with E-state index < -0.39 is 20.9 Å². The molecule has 0 spiro atoms. The third-order valence-corrected chi connectivity index (χ3v) is 6.01. The van der Waals surface area contributed by atoms with Gasteiger partial charge in [-0.3, -0.25) is 14.9 Å². The van der Waals surface area contributed by atoms with Crippen LogP contribution in [-0.4, -0.2) is 38.0 Å². The molecule has 32 heavy (non-hydrogen) atoms. The summed E-state index contributed by atoms with van der Waals surface area (Å²) in [5, 5.41) is 22.1. The van der Waals surface area contributed by atoms with Gasteiger partial charge < -0.3 is 4.90 Å². The Bertz CT molecular complexity index is 1230. The van der Waals surface area contributed by atoms with Gasteiger partial charge in [-0.05, 0) is 62.7 Å². The summed E-state index contributed by atoms with van der Waals surface area (Å²) in [5.74, 6) is -0.429. The largest absolute Gasteiger partial charge is 0.367 e. The molecule has 1 aliphatic rings. The van der Waals surface area contributed by atoms with Crippen LogP contribution < -0.4 is 15.0 Å². The number of hydrogen-bond acceptors (Lipinski definition) is 7. The second-order valence-corrected chi connectivity index (χ2v) is 8.64. The summed E-state index contributed by atoms with van der Waals surface area (Å²) in [5.41, 5.74) is 2.05. The summed E-state index contributed by atoms with van der Waals surface area (Å²) >= 11 is 0. The molecule has 0 bridgehead atoms. The molecule has 0 aromatic heterocycles. The van der Waals surface area contributed by atoms with Crippen molar-refractivity contribution in [2.75, 3.05) is 23.0 Å². The molecule has 0 saturated heterocycles. The molecule has 10 nitrogen and oxygen atoms in total. The van der Waals surface area contributed by atoms with Crippen LogP contribution in [-0.2, 0) is 14.8 Å². The molecule has 2 N–H and O–H groups in total. The van der Waals surface area contributed by atoms with Gasteiger partial charge in [-0.25, -0.2) is 13.6 Å². The van der Waals surface area contributed by atoms with Crippen LogP contribution in [0.2, 0.25) is 0 Å². The van der Waals surface area contributed by atoms with Gasteiger partial charge in [0.25, 0.3) is 11.6 Å². The van der Waals surface area contributed by atoms with Gasteiger partial charge in [0.2, 0.25) is 10.0 Å². The number of carbonyl (C=O) groups excluding carboxylic acids is 1. The van der Waals surface area contributed by atoms with E-state index in [1.54, 1.807) is 25.1 Å². The Morgan fingerprint density at radius 3 is 2.31 bits per heavy atom. The monoisotopic (exact) mass is 457 g/mol. The van der Waals surface area contributed by atoms with Crippen molar-refractivity contribution in [2.24, 2.45) is 10.2 Å². The zero-order valence-corrected chi connectivity index (χ0v) is 18.7. The molecular weight excluding hydrogens is 434 g/mol. The first kappa shape index (κ1) is 23.1. The normalized spacial score (nSPS) is 15.2. The number of carbonyl (C=O) groups is 1. The number of hydrazone groups is 1. The summed E-state index contributed by atoms with van der Waals surface area (Å²) in [7, 11) is -3.85. The van der Waals surface area contributed by atoms with Gasteiger partial charge in [-0.15, -0.1) is 0 Å². The minimum Gasteiger partial charge on any atom is -0.367 e. The molecule has 168 valence electrons. The lowest BCUT2D eigenvalue weighted by Gasteiger charge is -2.20. The first-order valence-corrected chi connectivity index (χ1v) is 11.4. The number of sulfonamides is 1. The Kier molecular flexibility index (Phi) is 6.42. The van der Waals surface area contributed by atoms with Gasteiger partial charge in [0.1, 0.15) is 5.69 Å². The Labute approximate surface area is 185 Å². The Morgan fingerprint density at radius 1 is 1.16 bits per heavy atom. The number of anilines is 2. The number of nitrogens with zero attached hydrogens (tertiary/aromatic N) is 4. The standard InChI is InChI=1S/C21H23N5O5S/c1-4-24(5-2)19-11-6-15(13-20(19)26(28)29)12-18-14(3)23-25(21(18)27)16-7-9-17(10-8-16)32(22,30)31/h6-13H,4-5H2,1-3H3,(H2,22,30,31). The first-order chi connectivity index (χ1) is 15.1. The van der Waals surface area contributed by atoms with E-state index in [2.05, 4.69) is 5.10 Å². The number of nitro groups is 1. The number of primary sulfonamides is 1. The van der Waals surface area contributed by atoms with Crippen molar-refractivity contribution >= 4 is 44.8 Å². The molecule has 0 radical (unpaired) electrons. The molecule has 1 heterocycles. The zero-order valence-electron chi connectivity index (χ0n) is 17.8. The molecule has 0 atom stereocenters. The zero-order chi connectivity index (χ0) is 23.6. The minimum absolute atomic E-state index is 0.0430. The van der Waals surface area contributed by atoms with Gasteiger partial charge in [0.05, 0.1) is 26.8 Å². The fourth-order valence-electron chi connectivity index (χ4n) is 3.41. The van der Waals surface area contributed by atoms with E-state index in [-0.39, 0.29) is 16.2 Å². The Hall–Kier alpha value is -3.57. The molecule has 3 rings (SSSR count). The van der Waals surface area contributed by atoms with Crippen LogP contribution in [0.25, 0.3) is 6.08 Å². The second-order valence-electron chi connectivity index (χ2n) is 7.08. The van der Waals surface area contributed by atoms with E-state index in [0.29, 0.717) is 35.7 Å². The second kappa shape index (κ2) is 8.89. The average molecular weight is 458 g/mol. The lowest BCUT2D eigenvalue weighted by atomic mass is 10.1. The maximum Gasteiger partial charge on any atom is 0.293 e. The van der Waals surface area contributed by atoms with Crippen LogP contribution in [0, 0.1) is 10.1 Å². The predicted octanol–water partition coefficient (Wildman–Crippen LogP) is 2.89. The van der Waals surface area contributed by atoms with E-state index in [9.17, 15) is 23.3 Å². The topological polar surface area (TPSA) is 139 Å². The average Bonchev–Trinajstić information content (AvgIpc) is 3.03. The van der Waals surface area contributed by atoms with Crippen molar-refractivity contribution in [3.05, 3.63) is 63.7 Å². The molecule has 2 aromatic rings. The van der Waals surface area contributed by atoms with Crippen LogP contribution in [0.1, 0.15) is 26.3 Å². The van der Waals surface area contributed by atoms with Crippen LogP contribution in [0.5, 0.6) is 0 Å². The molecule has 0 fully saturated rings. The first-order valence-electron chi connectivity index (χ1n) is 9.84. The van der Waals surface area contributed by atoms with E-state index in [1.165, 1.54) is 30.3 Å². The minimum atomic E-state index is -3.85. The quantitative estimate of drug-likeness (QED) is 0.385. The highest BCUT2D eigenvalue weighted by Crippen LogP contribution is 2.31. The van der Waals surface area contributed by atoms with Crippen LogP contribution in [0.3, 0.4) is 0 Å². The Balaban J connectivity index is 1.95. The molecule has 1 aliphatic heterocycles. The van der Waals surface area contributed by atoms with Crippen molar-refractivity contribution in [2.45, 2.75) is 25.7 Å². The Morgan fingerprint density at radius 2 is 1.78 bits per heavy atom. The number of rotatable bonds is 7. The van der Waals surface area contributed by atoms with Crippen LogP contribution in [0.4, 0.5) is 17.1 Å². The van der Waals surface area contributed by atoms with Crippen molar-refractivity contribution in [1.29, 1.82) is 0 Å². The van der Waals surface area contributed by atoms with Gasteiger partial charge in [0.15, 0.2) is 0 Å². The summed E-state index contributed by atoms with van der Waals surface area (Å²) < 4.78 is 22.9. The van der Waals surface area contributed by atoms with Gasteiger partial charge in [-0.2, -0.15) is 10.1 Å². The van der Waals surface area contributed by atoms with Gasteiger partial charge in [-0.1, -0.05) is 6.07 Å². The highest BCUT2D eigenvalue weighted by atomic mass is 32.2. The molecule has 2 aromatic carbocycles. The molecule has 0 unspecified atom stereocenters. The van der Waals surface area contributed by atoms with E-state index >= 15 is 0 Å². The highest BCUT2D eigenvalue weighted by Gasteiger charge is 2.29. The van der Waals surface area contributed by atoms with E-state index in [0.717, 1.165) is 5.01 Å². The number of nitro benzene ring substituents is 1. The predicted molar refractivity (Wildman–Crippen MR) is 123 cm³/mol. The number of nitrogens with two attached hydrogens (primary N) is 1. The summed E-state index contributed by atoms with van der Waals surface area (Å²) in [6, 6.07) is 10.3. The van der Waals surface area contributed by atoms with Gasteiger partial charge in [0, 0.05) is 19.2 Å². The maximum absolute atomic E-state index is 12.9. The van der Waals surface area contributed by atoms with Crippen molar-refractivity contribution in [3.63, 3.8) is 0 Å². The molecular formula is C21H23N5O5S. The lowest BCUT2D eigenvalue weighted by molar-refractivity contribution is -0.384. The fraction of sp³-hybridized carbons (Fsp3) is 0.238. The SMILES string of the molecule is CCN(CC)c1ccc(C=C2C(=O)N(c3ccc(S(N)(=O)=O)cc3)N=C2C)cc1[N+](=O)[O-]. The number of amides is 1. The number of benzene rings is 2. The highest BCUT2D eigenvalue weighted by molar-refractivity contribution is 7.89. The van der Waals surface area contributed by atoms with E-state index in [4.69, 9.17) is 5.14 Å². The fourth-order valence-corrected chi connectivity index (χ4v) is 3.93. The third-order valence-electron chi connectivity index (χ3n) is 5.08. The maximum atomic E-state index is 12.9. The molecule has 0 saturated carbocycles. The van der Waals surface area contributed by atoms with Crippen LogP contribution in [0.15, 0.2) is 58.0 Å².